The summed E-state index contributed by atoms with van der Waals surface area (Å²) in [4.78, 5) is 21.2. The number of ether oxygens (including phenoxy) is 2. The second-order valence-corrected chi connectivity index (χ2v) is 9.91. The van der Waals surface area contributed by atoms with E-state index in [9.17, 15) is 4.79 Å². The van der Waals surface area contributed by atoms with Crippen LogP contribution in [-0.4, -0.2) is 94.0 Å². The first-order valence-electron chi connectivity index (χ1n) is 11.7. The number of aliphatic imine (C=N–C) groups is 1. The molecule has 1 heterocycles. The molecule has 1 unspecified atom stereocenters. The van der Waals surface area contributed by atoms with E-state index in [0.717, 1.165) is 51.7 Å². The van der Waals surface area contributed by atoms with E-state index < -0.39 is 5.60 Å². The number of carbonyl (C=O) groups is 1. The van der Waals surface area contributed by atoms with Crippen LogP contribution in [0.5, 0.6) is 0 Å². The van der Waals surface area contributed by atoms with Crippen LogP contribution in [0, 0.1) is 11.8 Å². The van der Waals surface area contributed by atoms with Crippen molar-refractivity contribution in [3.05, 3.63) is 0 Å². The van der Waals surface area contributed by atoms with Gasteiger partial charge in [0.1, 0.15) is 5.60 Å². The van der Waals surface area contributed by atoms with Gasteiger partial charge >= 0.3 is 6.09 Å². The third-order valence-corrected chi connectivity index (χ3v) is 5.72. The minimum Gasteiger partial charge on any atom is -0.444 e. The number of carbonyl (C=O) groups excluding carboxylic acids is 1. The first-order chi connectivity index (χ1) is 14.6. The van der Waals surface area contributed by atoms with E-state index in [0.29, 0.717) is 11.8 Å². The predicted molar refractivity (Wildman–Crippen MR) is 143 cm³/mol. The molecule has 190 valence electrons. The summed E-state index contributed by atoms with van der Waals surface area (Å²) in [6.45, 7) is 15.7. The quantitative estimate of drug-likeness (QED) is 0.239. The number of guanidine groups is 1. The fraction of sp³-hybridized carbons (Fsp3) is 0.913. The van der Waals surface area contributed by atoms with Crippen molar-refractivity contribution in [1.29, 1.82) is 0 Å². The predicted octanol–water partition coefficient (Wildman–Crippen LogP) is 3.41. The molecule has 1 fully saturated rings. The summed E-state index contributed by atoms with van der Waals surface area (Å²) in [5, 5.41) is 6.57. The molecule has 0 radical (unpaired) electrons. The molecule has 32 heavy (non-hydrogen) atoms. The summed E-state index contributed by atoms with van der Waals surface area (Å²) in [5.74, 6) is 1.89. The van der Waals surface area contributed by atoms with E-state index >= 15 is 0 Å². The normalized spacial score (nSPS) is 17.0. The lowest BCUT2D eigenvalue weighted by atomic mass is 9.97. The molecule has 1 aliphatic heterocycles. The van der Waals surface area contributed by atoms with E-state index in [4.69, 9.17) is 9.47 Å². The maximum atomic E-state index is 12.2. The molecule has 0 aromatic heterocycles. The van der Waals surface area contributed by atoms with Crippen LogP contribution in [0.4, 0.5) is 4.79 Å². The largest absolute Gasteiger partial charge is 0.444 e. The molecule has 0 bridgehead atoms. The Morgan fingerprint density at radius 1 is 1.25 bits per heavy atom. The van der Waals surface area contributed by atoms with Gasteiger partial charge in [0.2, 0.25) is 0 Å². The molecule has 2 N–H and O–H groups in total. The van der Waals surface area contributed by atoms with Crippen LogP contribution in [0.2, 0.25) is 0 Å². The van der Waals surface area contributed by atoms with Gasteiger partial charge < -0.3 is 29.9 Å². The van der Waals surface area contributed by atoms with Crippen molar-refractivity contribution >= 4 is 36.0 Å². The van der Waals surface area contributed by atoms with E-state index in [-0.39, 0.29) is 36.1 Å². The topological polar surface area (TPSA) is 78.4 Å². The second kappa shape index (κ2) is 15.9. The molecule has 0 saturated carbocycles. The Bertz CT molecular complexity index is 546. The van der Waals surface area contributed by atoms with Gasteiger partial charge in [-0.25, -0.2) is 4.79 Å². The maximum Gasteiger partial charge on any atom is 0.407 e. The lowest BCUT2D eigenvalue weighted by Crippen LogP contribution is -2.46. The number of alkyl carbamates (subject to hydrolysis) is 1. The van der Waals surface area contributed by atoms with Gasteiger partial charge in [-0.05, 0) is 65.0 Å². The van der Waals surface area contributed by atoms with Gasteiger partial charge in [0.25, 0.3) is 0 Å². The molecule has 1 amide bonds. The number of rotatable bonds is 10. The highest BCUT2D eigenvalue weighted by Crippen LogP contribution is 2.16. The molecule has 0 spiro atoms. The average molecular weight is 570 g/mol. The van der Waals surface area contributed by atoms with Crippen molar-refractivity contribution < 1.29 is 14.3 Å². The van der Waals surface area contributed by atoms with E-state index in [1.165, 1.54) is 12.8 Å². The van der Waals surface area contributed by atoms with Gasteiger partial charge in [0.05, 0.1) is 6.61 Å². The molecular weight excluding hydrogens is 521 g/mol. The molecule has 1 atom stereocenters. The fourth-order valence-corrected chi connectivity index (χ4v) is 3.72. The highest BCUT2D eigenvalue weighted by atomic mass is 127. The number of nitrogens with zero attached hydrogens (tertiary/aromatic N) is 3. The van der Waals surface area contributed by atoms with Crippen LogP contribution in [-0.2, 0) is 9.47 Å². The smallest absolute Gasteiger partial charge is 0.407 e. The third-order valence-electron chi connectivity index (χ3n) is 5.72. The summed E-state index contributed by atoms with van der Waals surface area (Å²) in [5.41, 5.74) is -0.492. The summed E-state index contributed by atoms with van der Waals surface area (Å²) in [6.07, 6.45) is 2.87. The first-order valence-corrected chi connectivity index (χ1v) is 11.7. The molecule has 1 aliphatic rings. The number of nitrogens with one attached hydrogen (secondary N) is 2. The first kappa shape index (κ1) is 31.2. The number of methoxy groups -OCH3 is 1. The van der Waals surface area contributed by atoms with Crippen molar-refractivity contribution in [2.75, 3.05) is 60.5 Å². The van der Waals surface area contributed by atoms with Gasteiger partial charge in [-0.1, -0.05) is 13.8 Å². The minimum absolute atomic E-state index is 0. The minimum atomic E-state index is -0.492. The van der Waals surface area contributed by atoms with Crippen molar-refractivity contribution in [2.24, 2.45) is 16.8 Å². The molecule has 1 saturated heterocycles. The van der Waals surface area contributed by atoms with Crippen LogP contribution < -0.4 is 10.6 Å². The van der Waals surface area contributed by atoms with Gasteiger partial charge in [0.15, 0.2) is 5.96 Å². The fourth-order valence-electron chi connectivity index (χ4n) is 3.72. The monoisotopic (exact) mass is 569 g/mol. The van der Waals surface area contributed by atoms with Gasteiger partial charge in [-0.15, -0.1) is 24.0 Å². The summed E-state index contributed by atoms with van der Waals surface area (Å²) < 4.78 is 10.6. The number of hydrogen-bond acceptors (Lipinski definition) is 5. The Morgan fingerprint density at radius 2 is 1.88 bits per heavy atom. The van der Waals surface area contributed by atoms with Crippen molar-refractivity contribution in [2.45, 2.75) is 65.5 Å². The van der Waals surface area contributed by atoms with Crippen LogP contribution in [0.15, 0.2) is 4.99 Å². The molecule has 0 aromatic rings. The SMILES string of the molecule is CN=C(NCC1CCN(CCOC)CC1)N(C)CCC(NC(=O)OC(C)(C)C)C(C)C.I. The number of piperidine rings is 1. The third kappa shape index (κ3) is 13.0. The van der Waals surface area contributed by atoms with Crippen LogP contribution in [0.25, 0.3) is 0 Å². The zero-order valence-electron chi connectivity index (χ0n) is 21.6. The van der Waals surface area contributed by atoms with Crippen molar-refractivity contribution in [3.63, 3.8) is 0 Å². The molecule has 0 aliphatic carbocycles. The highest BCUT2D eigenvalue weighted by molar-refractivity contribution is 14.0. The van der Waals surface area contributed by atoms with Gasteiger partial charge in [-0.2, -0.15) is 0 Å². The van der Waals surface area contributed by atoms with Crippen LogP contribution >= 0.6 is 24.0 Å². The van der Waals surface area contributed by atoms with Crippen LogP contribution in [0.1, 0.15) is 53.9 Å². The number of likely N-dealkylation sites (tertiary alicyclic amines) is 1. The lowest BCUT2D eigenvalue weighted by Gasteiger charge is -2.33. The maximum absolute atomic E-state index is 12.2. The number of amides is 1. The number of halogens is 1. The zero-order valence-corrected chi connectivity index (χ0v) is 23.9. The average Bonchev–Trinajstić information content (AvgIpc) is 2.69. The Hall–Kier alpha value is -0.810. The lowest BCUT2D eigenvalue weighted by molar-refractivity contribution is 0.0485. The molecule has 9 heteroatoms. The van der Waals surface area contributed by atoms with Crippen LogP contribution in [0.3, 0.4) is 0 Å². The zero-order chi connectivity index (χ0) is 23.4. The standard InChI is InChI=1S/C23H47N5O3.HI/c1-18(2)20(26-22(29)31-23(3,4)5)11-12-27(7)21(24-6)25-17-19-9-13-28(14-10-19)15-16-30-8;/h18-20H,9-17H2,1-8H3,(H,24,25)(H,26,29);1H. The molecule has 8 nitrogen and oxygen atoms in total. The summed E-state index contributed by atoms with van der Waals surface area (Å²) in [7, 11) is 5.63. The summed E-state index contributed by atoms with van der Waals surface area (Å²) in [6, 6.07) is 0.0480. The Morgan fingerprint density at radius 3 is 2.38 bits per heavy atom. The van der Waals surface area contributed by atoms with Gasteiger partial charge in [-0.3, -0.25) is 4.99 Å². The van der Waals surface area contributed by atoms with Crippen molar-refractivity contribution in [1.82, 2.24) is 20.4 Å². The van der Waals surface area contributed by atoms with E-state index in [1.54, 1.807) is 7.11 Å². The highest BCUT2D eigenvalue weighted by Gasteiger charge is 2.23. The second-order valence-electron chi connectivity index (χ2n) is 9.91. The number of hydrogen-bond donors (Lipinski definition) is 2. The van der Waals surface area contributed by atoms with E-state index in [2.05, 4.69) is 39.3 Å². The Balaban J connectivity index is 0.00000961. The van der Waals surface area contributed by atoms with E-state index in [1.807, 2.05) is 34.9 Å². The summed E-state index contributed by atoms with van der Waals surface area (Å²) >= 11 is 0. The molecular formula is C23H48IN5O3. The Labute approximate surface area is 213 Å². The Kier molecular flexibility index (Phi) is 15.5. The molecule has 1 rings (SSSR count). The molecule has 0 aromatic carbocycles. The van der Waals surface area contributed by atoms with Crippen molar-refractivity contribution in [3.8, 4) is 0 Å². The van der Waals surface area contributed by atoms with Gasteiger partial charge in [0, 0.05) is 46.9 Å².